The van der Waals surface area contributed by atoms with E-state index in [4.69, 9.17) is 9.29 Å². The summed E-state index contributed by atoms with van der Waals surface area (Å²) in [4.78, 5) is 23.5. The minimum absolute atomic E-state index is 0.121. The van der Waals surface area contributed by atoms with Crippen molar-refractivity contribution in [1.29, 1.82) is 0 Å². The zero-order chi connectivity index (χ0) is 18.5. The molecule has 0 saturated heterocycles. The lowest BCUT2D eigenvalue weighted by atomic mass is 9.48. The summed E-state index contributed by atoms with van der Waals surface area (Å²) in [5.74, 6) is -0.897. The van der Waals surface area contributed by atoms with Gasteiger partial charge in [-0.1, -0.05) is 0 Å². The van der Waals surface area contributed by atoms with E-state index in [1.54, 1.807) is 0 Å². The first-order valence-electron chi connectivity index (χ1n) is 8.16. The molecule has 4 aliphatic carbocycles. The fraction of sp³-hybridized carbons (Fsp3) is 0.867. The van der Waals surface area contributed by atoms with Gasteiger partial charge in [-0.3, -0.25) is 9.35 Å². The van der Waals surface area contributed by atoms with E-state index in [1.807, 2.05) is 0 Å². The molecule has 7 nitrogen and oxygen atoms in total. The fourth-order valence-electron chi connectivity index (χ4n) is 5.02. The molecular formula is C15H20F2O7S. The summed E-state index contributed by atoms with van der Waals surface area (Å²) in [6.07, 6.45) is 5.95. The second-order valence-corrected chi connectivity index (χ2v) is 8.97. The highest BCUT2D eigenvalue weighted by Gasteiger charge is 2.55. The molecule has 4 bridgehead atoms. The third-order valence-electron chi connectivity index (χ3n) is 5.70. The predicted molar refractivity (Wildman–Crippen MR) is 79.0 cm³/mol. The molecule has 0 aliphatic heterocycles. The van der Waals surface area contributed by atoms with E-state index in [0.29, 0.717) is 17.8 Å². The monoisotopic (exact) mass is 382 g/mol. The van der Waals surface area contributed by atoms with Gasteiger partial charge in [-0.25, -0.2) is 4.79 Å². The molecule has 10 heteroatoms. The number of ether oxygens (including phenoxy) is 2. The van der Waals surface area contributed by atoms with Gasteiger partial charge in [0, 0.05) is 5.41 Å². The van der Waals surface area contributed by atoms with Crippen LogP contribution in [0.25, 0.3) is 0 Å². The highest BCUT2D eigenvalue weighted by molar-refractivity contribution is 7.87. The molecule has 1 N–H and O–H groups in total. The predicted octanol–water partition coefficient (Wildman–Crippen LogP) is 1.77. The smallest absolute Gasteiger partial charge is 0.433 e. The summed E-state index contributed by atoms with van der Waals surface area (Å²) in [7, 11) is -5.92. The van der Waals surface area contributed by atoms with Crippen molar-refractivity contribution in [3.63, 3.8) is 0 Å². The van der Waals surface area contributed by atoms with Crippen LogP contribution in [-0.2, 0) is 29.2 Å². The molecule has 4 rings (SSSR count). The Bertz CT molecular complexity index is 638. The molecule has 0 heterocycles. The summed E-state index contributed by atoms with van der Waals surface area (Å²) in [5, 5.41) is -5.07. The van der Waals surface area contributed by atoms with Gasteiger partial charge in [0.2, 0.25) is 0 Å². The largest absolute Gasteiger partial charge is 0.465 e. The maximum atomic E-state index is 13.0. The first kappa shape index (κ1) is 18.7. The van der Waals surface area contributed by atoms with E-state index >= 15 is 0 Å². The van der Waals surface area contributed by atoms with Crippen LogP contribution in [0.15, 0.2) is 0 Å². The van der Waals surface area contributed by atoms with Crippen LogP contribution < -0.4 is 0 Å². The van der Waals surface area contributed by atoms with E-state index in [0.717, 1.165) is 38.5 Å². The van der Waals surface area contributed by atoms with Gasteiger partial charge in [-0.15, -0.1) is 0 Å². The number of hydrogen-bond donors (Lipinski definition) is 1. The topological polar surface area (TPSA) is 107 Å². The van der Waals surface area contributed by atoms with Crippen molar-refractivity contribution in [2.45, 2.75) is 43.8 Å². The van der Waals surface area contributed by atoms with Gasteiger partial charge in [0.25, 0.3) is 0 Å². The number of hydrogen-bond acceptors (Lipinski definition) is 6. The molecular weight excluding hydrogens is 362 g/mol. The molecule has 0 aromatic heterocycles. The van der Waals surface area contributed by atoms with Gasteiger partial charge >= 0.3 is 21.3 Å². The molecule has 0 unspecified atom stereocenters. The number of carbonyl (C=O) groups is 2. The van der Waals surface area contributed by atoms with E-state index < -0.39 is 33.5 Å². The Balaban J connectivity index is 1.48. The third-order valence-corrected chi connectivity index (χ3v) is 6.51. The van der Waals surface area contributed by atoms with E-state index in [2.05, 4.69) is 4.74 Å². The van der Waals surface area contributed by atoms with Crippen LogP contribution in [0.1, 0.15) is 38.5 Å². The quantitative estimate of drug-likeness (QED) is 0.309. The van der Waals surface area contributed by atoms with Crippen LogP contribution in [0.4, 0.5) is 8.78 Å². The first-order valence-corrected chi connectivity index (χ1v) is 9.60. The number of Topliss-reactive ketones (excluding diaryl/α,β-unsaturated/α-hetero) is 1. The lowest BCUT2D eigenvalue weighted by Gasteiger charge is -2.55. The fourth-order valence-corrected chi connectivity index (χ4v) is 5.29. The van der Waals surface area contributed by atoms with Crippen LogP contribution in [0.5, 0.6) is 0 Å². The van der Waals surface area contributed by atoms with Crippen LogP contribution in [0, 0.1) is 23.2 Å². The SMILES string of the molecule is O=C(COCOC(=O)C(F)(F)S(=O)(=O)O)C12CC3CC(CC(C3)C1)C2. The summed E-state index contributed by atoms with van der Waals surface area (Å²) < 4.78 is 63.9. The standard InChI is InChI=1S/C15H20F2O7S/c16-15(17,25(20,21)22)13(19)24-8-23-7-12(18)14-4-9-1-10(5-14)3-11(2-9)6-14/h9-11H,1-8H2,(H,20,21,22). The number of ketones is 1. The van der Waals surface area contributed by atoms with Crippen LogP contribution in [0.2, 0.25) is 0 Å². The molecule has 0 atom stereocenters. The molecule has 25 heavy (non-hydrogen) atoms. The Labute approximate surface area is 143 Å². The molecule has 0 spiro atoms. The Kier molecular flexibility index (Phi) is 4.66. The molecule has 0 radical (unpaired) electrons. The summed E-state index contributed by atoms with van der Waals surface area (Å²) in [5.41, 5.74) is -0.420. The normalized spacial score (nSPS) is 34.1. The van der Waals surface area contributed by atoms with Gasteiger partial charge in [0.15, 0.2) is 12.6 Å². The second kappa shape index (κ2) is 6.24. The zero-order valence-corrected chi connectivity index (χ0v) is 14.3. The van der Waals surface area contributed by atoms with E-state index in [-0.39, 0.29) is 12.4 Å². The maximum Gasteiger partial charge on any atom is 0.465 e. The Morgan fingerprint density at radius 2 is 1.56 bits per heavy atom. The molecule has 0 aromatic rings. The Hall–Kier alpha value is -1.13. The van der Waals surface area contributed by atoms with Crippen LogP contribution in [0.3, 0.4) is 0 Å². The highest BCUT2D eigenvalue weighted by Crippen LogP contribution is 2.60. The number of alkyl halides is 2. The first-order chi connectivity index (χ1) is 11.5. The Morgan fingerprint density at radius 3 is 2.00 bits per heavy atom. The molecule has 4 saturated carbocycles. The van der Waals surface area contributed by atoms with Gasteiger partial charge in [-0.05, 0) is 56.3 Å². The van der Waals surface area contributed by atoms with Gasteiger partial charge in [-0.2, -0.15) is 17.2 Å². The number of rotatable bonds is 7. The van der Waals surface area contributed by atoms with Crippen molar-refractivity contribution in [3.8, 4) is 0 Å². The summed E-state index contributed by atoms with van der Waals surface area (Å²) >= 11 is 0. The van der Waals surface area contributed by atoms with Gasteiger partial charge < -0.3 is 9.47 Å². The summed E-state index contributed by atoms with van der Waals surface area (Å²) in [6, 6.07) is 0. The molecule has 142 valence electrons. The number of esters is 1. The van der Waals surface area contributed by atoms with Gasteiger partial charge in [0.1, 0.15) is 6.61 Å². The van der Waals surface area contributed by atoms with Gasteiger partial charge in [0.05, 0.1) is 0 Å². The van der Waals surface area contributed by atoms with Crippen molar-refractivity contribution >= 4 is 21.9 Å². The highest BCUT2D eigenvalue weighted by atomic mass is 32.2. The lowest BCUT2D eigenvalue weighted by molar-refractivity contribution is -0.177. The van der Waals surface area contributed by atoms with Crippen molar-refractivity contribution < 1.29 is 40.8 Å². The number of carbonyl (C=O) groups excluding carboxylic acids is 2. The van der Waals surface area contributed by atoms with E-state index in [1.165, 1.54) is 0 Å². The molecule has 4 aliphatic rings. The van der Waals surface area contributed by atoms with Crippen molar-refractivity contribution in [2.75, 3.05) is 13.4 Å². The summed E-state index contributed by atoms with van der Waals surface area (Å²) in [6.45, 7) is -1.36. The third kappa shape index (κ3) is 3.43. The minimum Gasteiger partial charge on any atom is -0.433 e. The zero-order valence-electron chi connectivity index (χ0n) is 13.4. The van der Waals surface area contributed by atoms with Crippen molar-refractivity contribution in [2.24, 2.45) is 23.2 Å². The van der Waals surface area contributed by atoms with Crippen molar-refractivity contribution in [3.05, 3.63) is 0 Å². The Morgan fingerprint density at radius 1 is 1.08 bits per heavy atom. The lowest BCUT2D eigenvalue weighted by Crippen LogP contribution is -2.51. The maximum absolute atomic E-state index is 13.0. The van der Waals surface area contributed by atoms with Crippen LogP contribution >= 0.6 is 0 Å². The molecule has 0 amide bonds. The van der Waals surface area contributed by atoms with Crippen molar-refractivity contribution in [1.82, 2.24) is 0 Å². The number of halogens is 2. The van der Waals surface area contributed by atoms with Crippen LogP contribution in [-0.4, -0.2) is 43.4 Å². The molecule has 4 fully saturated rings. The average molecular weight is 382 g/mol. The second-order valence-electron chi connectivity index (χ2n) is 7.51. The minimum atomic E-state index is -5.92. The van der Waals surface area contributed by atoms with E-state index in [9.17, 15) is 26.8 Å². The average Bonchev–Trinajstić information content (AvgIpc) is 2.48. The molecule has 0 aromatic carbocycles.